The smallest absolute Gasteiger partial charge is 0.266 e. The molecule has 5 nitrogen and oxygen atoms in total. The first-order chi connectivity index (χ1) is 8.36. The SMILES string of the molecule is O=C1COc2cccnc2N1C1CCNCC1. The number of amides is 1. The van der Waals surface area contributed by atoms with E-state index in [1.54, 1.807) is 6.20 Å². The predicted octanol–water partition coefficient (Wildman–Crippen LogP) is 0.559. The van der Waals surface area contributed by atoms with Crippen LogP contribution in [0.1, 0.15) is 12.8 Å². The lowest BCUT2D eigenvalue weighted by Gasteiger charge is -2.36. The van der Waals surface area contributed by atoms with Crippen LogP contribution < -0.4 is 15.0 Å². The van der Waals surface area contributed by atoms with Gasteiger partial charge in [-0.25, -0.2) is 4.98 Å². The first-order valence-electron chi connectivity index (χ1n) is 5.97. The molecule has 0 bridgehead atoms. The second kappa shape index (κ2) is 4.33. The summed E-state index contributed by atoms with van der Waals surface area (Å²) in [4.78, 5) is 18.1. The highest BCUT2D eigenvalue weighted by Gasteiger charge is 2.33. The Balaban J connectivity index is 1.94. The van der Waals surface area contributed by atoms with Gasteiger partial charge in [-0.05, 0) is 38.1 Å². The Hall–Kier alpha value is -1.62. The van der Waals surface area contributed by atoms with E-state index in [1.165, 1.54) is 0 Å². The van der Waals surface area contributed by atoms with E-state index in [0.29, 0.717) is 11.6 Å². The maximum atomic E-state index is 12.0. The van der Waals surface area contributed by atoms with E-state index in [-0.39, 0.29) is 18.6 Å². The van der Waals surface area contributed by atoms with Crippen LogP contribution >= 0.6 is 0 Å². The molecule has 0 unspecified atom stereocenters. The fourth-order valence-corrected chi connectivity index (χ4v) is 2.44. The summed E-state index contributed by atoms with van der Waals surface area (Å²) < 4.78 is 5.39. The maximum absolute atomic E-state index is 12.0. The van der Waals surface area contributed by atoms with Gasteiger partial charge >= 0.3 is 0 Å². The van der Waals surface area contributed by atoms with Crippen LogP contribution in [0.3, 0.4) is 0 Å². The molecule has 0 aromatic carbocycles. The lowest BCUT2D eigenvalue weighted by Crippen LogP contribution is -2.50. The summed E-state index contributed by atoms with van der Waals surface area (Å²) in [5.41, 5.74) is 0. The van der Waals surface area contributed by atoms with E-state index in [0.717, 1.165) is 25.9 Å². The van der Waals surface area contributed by atoms with Gasteiger partial charge in [0.2, 0.25) is 0 Å². The number of anilines is 1. The van der Waals surface area contributed by atoms with Crippen LogP contribution in [0.2, 0.25) is 0 Å². The highest BCUT2D eigenvalue weighted by Crippen LogP contribution is 2.32. The normalized spacial score (nSPS) is 20.9. The van der Waals surface area contributed by atoms with Gasteiger partial charge in [-0.2, -0.15) is 0 Å². The minimum atomic E-state index is 0.0168. The van der Waals surface area contributed by atoms with Gasteiger partial charge in [-0.1, -0.05) is 0 Å². The first kappa shape index (κ1) is 10.5. The van der Waals surface area contributed by atoms with Crippen LogP contribution in [0.5, 0.6) is 5.75 Å². The molecular formula is C12H15N3O2. The van der Waals surface area contributed by atoms with E-state index in [4.69, 9.17) is 4.74 Å². The predicted molar refractivity (Wildman–Crippen MR) is 63.1 cm³/mol. The van der Waals surface area contributed by atoms with E-state index in [9.17, 15) is 4.79 Å². The number of rotatable bonds is 1. The van der Waals surface area contributed by atoms with Crippen LogP contribution in [0.4, 0.5) is 5.82 Å². The van der Waals surface area contributed by atoms with Gasteiger partial charge in [-0.15, -0.1) is 0 Å². The van der Waals surface area contributed by atoms with E-state index in [2.05, 4.69) is 10.3 Å². The summed E-state index contributed by atoms with van der Waals surface area (Å²) in [6.07, 6.45) is 3.65. The van der Waals surface area contributed by atoms with Gasteiger partial charge in [0.1, 0.15) is 0 Å². The molecule has 0 radical (unpaired) electrons. The summed E-state index contributed by atoms with van der Waals surface area (Å²) in [6.45, 7) is 2.04. The molecule has 1 aromatic heterocycles. The Kier molecular flexibility index (Phi) is 2.68. The van der Waals surface area contributed by atoms with Gasteiger partial charge in [0.25, 0.3) is 5.91 Å². The number of carbonyl (C=O) groups is 1. The zero-order chi connectivity index (χ0) is 11.7. The summed E-state index contributed by atoms with van der Waals surface area (Å²) in [7, 11) is 0. The van der Waals surface area contributed by atoms with E-state index < -0.39 is 0 Å². The van der Waals surface area contributed by atoms with Gasteiger partial charge in [0.15, 0.2) is 18.2 Å². The van der Waals surface area contributed by atoms with Crippen molar-refractivity contribution in [2.45, 2.75) is 18.9 Å². The number of nitrogens with one attached hydrogen (secondary N) is 1. The second-order valence-electron chi connectivity index (χ2n) is 4.36. The topological polar surface area (TPSA) is 54.5 Å². The van der Waals surface area contributed by atoms with Crippen LogP contribution in [0.15, 0.2) is 18.3 Å². The highest BCUT2D eigenvalue weighted by molar-refractivity contribution is 5.97. The van der Waals surface area contributed by atoms with Crippen LogP contribution in [-0.2, 0) is 4.79 Å². The van der Waals surface area contributed by atoms with Crippen molar-refractivity contribution in [3.05, 3.63) is 18.3 Å². The van der Waals surface area contributed by atoms with Crippen LogP contribution in [0, 0.1) is 0 Å². The molecule has 2 aliphatic heterocycles. The molecule has 17 heavy (non-hydrogen) atoms. The fraction of sp³-hybridized carbons (Fsp3) is 0.500. The average Bonchev–Trinajstić information content (AvgIpc) is 2.39. The lowest BCUT2D eigenvalue weighted by atomic mass is 10.0. The quantitative estimate of drug-likeness (QED) is 0.770. The van der Waals surface area contributed by atoms with Crippen molar-refractivity contribution in [1.82, 2.24) is 10.3 Å². The summed E-state index contributed by atoms with van der Waals surface area (Å²) in [5, 5.41) is 3.30. The third kappa shape index (κ3) is 1.86. The van der Waals surface area contributed by atoms with Crippen molar-refractivity contribution in [1.29, 1.82) is 0 Å². The summed E-state index contributed by atoms with van der Waals surface area (Å²) in [6, 6.07) is 3.94. The first-order valence-corrected chi connectivity index (χ1v) is 5.97. The number of aromatic nitrogens is 1. The lowest BCUT2D eigenvalue weighted by molar-refractivity contribution is -0.122. The number of ether oxygens (including phenoxy) is 1. The molecule has 1 amide bonds. The van der Waals surface area contributed by atoms with Crippen molar-refractivity contribution in [3.8, 4) is 5.75 Å². The molecule has 5 heteroatoms. The number of hydrogen-bond acceptors (Lipinski definition) is 4. The van der Waals surface area contributed by atoms with Gasteiger partial charge in [0, 0.05) is 12.2 Å². The maximum Gasteiger partial charge on any atom is 0.266 e. The Labute approximate surface area is 99.8 Å². The number of fused-ring (bicyclic) bond motifs is 1. The number of carbonyl (C=O) groups excluding carboxylic acids is 1. The molecule has 0 aliphatic carbocycles. The van der Waals surface area contributed by atoms with Crippen LogP contribution in [-0.4, -0.2) is 36.6 Å². The zero-order valence-corrected chi connectivity index (χ0v) is 9.56. The van der Waals surface area contributed by atoms with Crippen molar-refractivity contribution in [2.75, 3.05) is 24.6 Å². The summed E-state index contributed by atoms with van der Waals surface area (Å²) >= 11 is 0. The van der Waals surface area contributed by atoms with Gasteiger partial charge < -0.3 is 10.1 Å². The minimum Gasteiger partial charge on any atom is -0.480 e. The molecule has 0 spiro atoms. The molecule has 1 aromatic rings. The van der Waals surface area contributed by atoms with Crippen molar-refractivity contribution < 1.29 is 9.53 Å². The summed E-state index contributed by atoms with van der Waals surface area (Å²) in [5.74, 6) is 1.41. The van der Waals surface area contributed by atoms with Crippen LogP contribution in [0.25, 0.3) is 0 Å². The monoisotopic (exact) mass is 233 g/mol. The Morgan fingerprint density at radius 1 is 1.41 bits per heavy atom. The molecule has 1 N–H and O–H groups in total. The largest absolute Gasteiger partial charge is 0.480 e. The third-order valence-corrected chi connectivity index (χ3v) is 3.27. The van der Waals surface area contributed by atoms with E-state index in [1.807, 2.05) is 17.0 Å². The number of nitrogens with zero attached hydrogens (tertiary/aromatic N) is 2. The highest BCUT2D eigenvalue weighted by atomic mass is 16.5. The molecule has 1 saturated heterocycles. The standard InChI is InChI=1S/C12H15N3O2/c16-11-8-17-10-2-1-5-14-12(10)15(11)9-3-6-13-7-4-9/h1-2,5,9,13H,3-4,6-8H2. The van der Waals surface area contributed by atoms with Crippen molar-refractivity contribution in [2.24, 2.45) is 0 Å². The molecule has 0 saturated carbocycles. The Morgan fingerprint density at radius 3 is 3.06 bits per heavy atom. The molecule has 3 rings (SSSR count). The zero-order valence-electron chi connectivity index (χ0n) is 9.56. The van der Waals surface area contributed by atoms with Crippen molar-refractivity contribution >= 4 is 11.7 Å². The van der Waals surface area contributed by atoms with E-state index >= 15 is 0 Å². The fourth-order valence-electron chi connectivity index (χ4n) is 2.44. The number of pyridine rings is 1. The molecule has 3 heterocycles. The average molecular weight is 233 g/mol. The van der Waals surface area contributed by atoms with Gasteiger partial charge in [-0.3, -0.25) is 9.69 Å². The molecule has 90 valence electrons. The Bertz CT molecular complexity index is 430. The van der Waals surface area contributed by atoms with Gasteiger partial charge in [0.05, 0.1) is 0 Å². The molecular weight excluding hydrogens is 218 g/mol. The molecule has 0 atom stereocenters. The molecule has 2 aliphatic rings. The number of hydrogen-bond donors (Lipinski definition) is 1. The molecule has 1 fully saturated rings. The van der Waals surface area contributed by atoms with Crippen molar-refractivity contribution in [3.63, 3.8) is 0 Å². The number of piperidine rings is 1. The minimum absolute atomic E-state index is 0.0168. The Morgan fingerprint density at radius 2 is 2.24 bits per heavy atom. The third-order valence-electron chi connectivity index (χ3n) is 3.27. The second-order valence-corrected chi connectivity index (χ2v) is 4.36.